The molecule has 7 nitrogen and oxygen atoms in total. The van der Waals surface area contributed by atoms with E-state index in [0.717, 1.165) is 31.9 Å². The first kappa shape index (κ1) is 13.0. The molecule has 100 valence electrons. The molecule has 0 bridgehead atoms. The fraction of sp³-hybridized carbons (Fsp3) is 0.727. The molecule has 1 fully saturated rings. The van der Waals surface area contributed by atoms with Crippen LogP contribution >= 0.6 is 0 Å². The summed E-state index contributed by atoms with van der Waals surface area (Å²) in [5.74, 6) is -0.0326. The molecule has 1 unspecified atom stereocenters. The number of carboxylic acid groups (broad SMARTS) is 1. The van der Waals surface area contributed by atoms with Crippen molar-refractivity contribution in [1.29, 1.82) is 0 Å². The topological polar surface area (TPSA) is 97.5 Å². The number of ether oxygens (including phenoxy) is 1. The number of aryl methyl sites for hydroxylation is 1. The van der Waals surface area contributed by atoms with Crippen molar-refractivity contribution < 1.29 is 19.7 Å². The molecule has 7 heteroatoms. The van der Waals surface area contributed by atoms with Gasteiger partial charge in [0.2, 0.25) is 0 Å². The van der Waals surface area contributed by atoms with E-state index in [4.69, 9.17) is 9.84 Å². The zero-order valence-corrected chi connectivity index (χ0v) is 10.0. The Morgan fingerprint density at radius 3 is 2.94 bits per heavy atom. The predicted octanol–water partition coefficient (Wildman–Crippen LogP) is 0.00770. The Kier molecular flexibility index (Phi) is 4.27. The smallest absolute Gasteiger partial charge is 0.332 e. The van der Waals surface area contributed by atoms with E-state index in [0.29, 0.717) is 12.5 Å². The third-order valence-corrected chi connectivity index (χ3v) is 3.16. The molecule has 1 atom stereocenters. The van der Waals surface area contributed by atoms with Gasteiger partial charge in [-0.25, -0.2) is 4.79 Å². The van der Waals surface area contributed by atoms with Crippen LogP contribution in [0.15, 0.2) is 6.33 Å². The van der Waals surface area contributed by atoms with E-state index >= 15 is 0 Å². The summed E-state index contributed by atoms with van der Waals surface area (Å²) >= 11 is 0. The monoisotopic (exact) mass is 255 g/mol. The molecule has 2 rings (SSSR count). The van der Waals surface area contributed by atoms with Crippen LogP contribution in [0.2, 0.25) is 0 Å². The minimum Gasteiger partial charge on any atom is -0.479 e. The summed E-state index contributed by atoms with van der Waals surface area (Å²) in [4.78, 5) is 10.5. The third-order valence-electron chi connectivity index (χ3n) is 3.16. The molecule has 18 heavy (non-hydrogen) atoms. The quantitative estimate of drug-likeness (QED) is 0.769. The zero-order valence-electron chi connectivity index (χ0n) is 10.0. The van der Waals surface area contributed by atoms with Gasteiger partial charge in [-0.1, -0.05) is 0 Å². The van der Waals surface area contributed by atoms with E-state index in [2.05, 4.69) is 10.2 Å². The first-order chi connectivity index (χ1) is 8.68. The molecule has 1 aliphatic rings. The van der Waals surface area contributed by atoms with Gasteiger partial charge in [-0.2, -0.15) is 0 Å². The molecule has 0 radical (unpaired) electrons. The molecule has 1 aromatic rings. The molecular formula is C11H17N3O4. The Morgan fingerprint density at radius 1 is 1.56 bits per heavy atom. The number of carbonyl (C=O) groups is 1. The zero-order chi connectivity index (χ0) is 13.0. The molecule has 0 aromatic carbocycles. The van der Waals surface area contributed by atoms with Crippen molar-refractivity contribution in [3.63, 3.8) is 0 Å². The maximum Gasteiger partial charge on any atom is 0.332 e. The molecule has 0 amide bonds. The average Bonchev–Trinajstić information content (AvgIpc) is 2.85. The minimum atomic E-state index is -1.34. The van der Waals surface area contributed by atoms with Gasteiger partial charge in [0.15, 0.2) is 6.10 Å². The lowest BCUT2D eigenvalue weighted by Gasteiger charge is -2.21. The first-order valence-electron chi connectivity index (χ1n) is 6.05. The number of aromatic nitrogens is 3. The maximum absolute atomic E-state index is 10.5. The Morgan fingerprint density at radius 2 is 2.28 bits per heavy atom. The molecule has 2 heterocycles. The second kappa shape index (κ2) is 5.92. The van der Waals surface area contributed by atoms with Crippen LogP contribution in [0.4, 0.5) is 0 Å². The molecule has 1 aliphatic heterocycles. The number of aliphatic hydroxyl groups is 1. The van der Waals surface area contributed by atoms with Crippen molar-refractivity contribution in [2.75, 3.05) is 13.2 Å². The van der Waals surface area contributed by atoms with Crippen LogP contribution < -0.4 is 0 Å². The lowest BCUT2D eigenvalue weighted by molar-refractivity contribution is -0.147. The van der Waals surface area contributed by atoms with E-state index in [1.165, 1.54) is 0 Å². The predicted molar refractivity (Wildman–Crippen MR) is 61.1 cm³/mol. The van der Waals surface area contributed by atoms with Gasteiger partial charge in [-0.15, -0.1) is 10.2 Å². The summed E-state index contributed by atoms with van der Waals surface area (Å²) in [6.07, 6.45) is 2.21. The number of carboxylic acids is 1. The molecule has 0 aliphatic carbocycles. The number of rotatable bonds is 5. The molecule has 1 saturated heterocycles. The molecule has 2 N–H and O–H groups in total. The van der Waals surface area contributed by atoms with E-state index < -0.39 is 12.1 Å². The van der Waals surface area contributed by atoms with E-state index in [9.17, 15) is 9.90 Å². The summed E-state index contributed by atoms with van der Waals surface area (Å²) < 4.78 is 7.11. The highest BCUT2D eigenvalue weighted by Gasteiger charge is 2.22. The highest BCUT2D eigenvalue weighted by Crippen LogP contribution is 2.25. The highest BCUT2D eigenvalue weighted by molar-refractivity contribution is 5.71. The molecule has 0 saturated carbocycles. The van der Waals surface area contributed by atoms with Crippen LogP contribution in [-0.2, 0) is 16.1 Å². The number of aliphatic hydroxyl groups excluding tert-OH is 1. The number of hydrogen-bond acceptors (Lipinski definition) is 5. The van der Waals surface area contributed by atoms with Gasteiger partial charge >= 0.3 is 5.97 Å². The van der Waals surface area contributed by atoms with Crippen LogP contribution in [0, 0.1) is 0 Å². The number of aliphatic carboxylic acids is 1. The summed E-state index contributed by atoms with van der Waals surface area (Å²) in [5, 5.41) is 25.8. The fourth-order valence-corrected chi connectivity index (χ4v) is 2.09. The summed E-state index contributed by atoms with van der Waals surface area (Å²) in [7, 11) is 0. The Bertz CT molecular complexity index is 401. The summed E-state index contributed by atoms with van der Waals surface area (Å²) in [5.41, 5.74) is 0. The highest BCUT2D eigenvalue weighted by atomic mass is 16.5. The van der Waals surface area contributed by atoms with Gasteiger partial charge in [-0.05, 0) is 12.8 Å². The van der Waals surface area contributed by atoms with Crippen molar-refractivity contribution in [2.45, 2.75) is 37.8 Å². The maximum atomic E-state index is 10.5. The van der Waals surface area contributed by atoms with E-state index in [1.54, 1.807) is 6.33 Å². The standard InChI is InChI=1S/C11H17N3O4/c15-9(11(16)17)1-4-14-7-12-13-10(14)8-2-5-18-6-3-8/h7-9,15H,1-6H2,(H,16,17). The normalized spacial score (nSPS) is 18.7. The molecular weight excluding hydrogens is 238 g/mol. The van der Waals surface area contributed by atoms with Crippen LogP contribution in [0.25, 0.3) is 0 Å². The van der Waals surface area contributed by atoms with Crippen LogP contribution in [0.3, 0.4) is 0 Å². The molecule has 1 aromatic heterocycles. The van der Waals surface area contributed by atoms with Crippen molar-refractivity contribution >= 4 is 5.97 Å². The minimum absolute atomic E-state index is 0.156. The summed E-state index contributed by atoms with van der Waals surface area (Å²) in [6, 6.07) is 0. The second-order valence-corrected chi connectivity index (χ2v) is 4.41. The third kappa shape index (κ3) is 3.05. The number of hydrogen-bond donors (Lipinski definition) is 2. The van der Waals surface area contributed by atoms with Crippen LogP contribution in [0.5, 0.6) is 0 Å². The van der Waals surface area contributed by atoms with E-state index in [-0.39, 0.29) is 6.42 Å². The van der Waals surface area contributed by atoms with Gasteiger partial charge in [-0.3, -0.25) is 0 Å². The van der Waals surface area contributed by atoms with Crippen LogP contribution in [-0.4, -0.2) is 50.3 Å². The number of nitrogens with zero attached hydrogens (tertiary/aromatic N) is 3. The van der Waals surface area contributed by atoms with Gasteiger partial charge in [0.1, 0.15) is 12.2 Å². The van der Waals surface area contributed by atoms with Crippen molar-refractivity contribution in [3.05, 3.63) is 12.2 Å². The fourth-order valence-electron chi connectivity index (χ4n) is 2.09. The van der Waals surface area contributed by atoms with Crippen LogP contribution in [0.1, 0.15) is 31.0 Å². The Labute approximate surface area is 104 Å². The lowest BCUT2D eigenvalue weighted by Crippen LogP contribution is -2.23. The van der Waals surface area contributed by atoms with Crippen molar-refractivity contribution in [3.8, 4) is 0 Å². The Balaban J connectivity index is 1.96. The Hall–Kier alpha value is -1.47. The average molecular weight is 255 g/mol. The van der Waals surface area contributed by atoms with Gasteiger partial charge in [0, 0.05) is 32.1 Å². The van der Waals surface area contributed by atoms with E-state index in [1.807, 2.05) is 4.57 Å². The second-order valence-electron chi connectivity index (χ2n) is 4.41. The summed E-state index contributed by atoms with van der Waals surface area (Å²) in [6.45, 7) is 1.84. The van der Waals surface area contributed by atoms with Gasteiger partial charge in [0.25, 0.3) is 0 Å². The van der Waals surface area contributed by atoms with Crippen molar-refractivity contribution in [1.82, 2.24) is 14.8 Å². The first-order valence-corrected chi connectivity index (χ1v) is 6.05. The SMILES string of the molecule is O=C(O)C(O)CCn1cnnc1C1CCOCC1. The van der Waals surface area contributed by atoms with Gasteiger partial charge in [0.05, 0.1) is 0 Å². The van der Waals surface area contributed by atoms with Crippen molar-refractivity contribution in [2.24, 2.45) is 0 Å². The van der Waals surface area contributed by atoms with Gasteiger partial charge < -0.3 is 19.5 Å². The largest absolute Gasteiger partial charge is 0.479 e. The molecule has 0 spiro atoms. The lowest BCUT2D eigenvalue weighted by atomic mass is 9.99.